The van der Waals surface area contributed by atoms with Crippen molar-refractivity contribution in [2.24, 2.45) is 0 Å². The standard InChI is InChI=1S/C7H6F2INO/c1-3-6(10)5(7(8)9)4(12)2-11-3/h2,7,12H,1H3. The first-order chi connectivity index (χ1) is 5.54. The van der Waals surface area contributed by atoms with Crippen molar-refractivity contribution in [3.05, 3.63) is 21.0 Å². The van der Waals surface area contributed by atoms with Gasteiger partial charge in [-0.15, -0.1) is 0 Å². The number of aromatic hydroxyl groups is 1. The first-order valence-electron chi connectivity index (χ1n) is 3.16. The van der Waals surface area contributed by atoms with E-state index in [-0.39, 0.29) is 5.56 Å². The molecule has 0 aliphatic rings. The van der Waals surface area contributed by atoms with E-state index in [1.807, 2.05) is 0 Å². The van der Waals surface area contributed by atoms with E-state index in [2.05, 4.69) is 4.98 Å². The van der Waals surface area contributed by atoms with Crippen molar-refractivity contribution in [1.29, 1.82) is 0 Å². The zero-order chi connectivity index (χ0) is 9.30. The molecule has 0 fully saturated rings. The molecule has 2 nitrogen and oxygen atoms in total. The lowest BCUT2D eigenvalue weighted by Crippen LogP contribution is -1.95. The Kier molecular flexibility index (Phi) is 2.81. The van der Waals surface area contributed by atoms with Crippen LogP contribution in [0.5, 0.6) is 5.75 Å². The van der Waals surface area contributed by atoms with E-state index in [0.29, 0.717) is 9.26 Å². The second-order valence-corrected chi connectivity index (χ2v) is 3.34. The molecule has 0 saturated heterocycles. The van der Waals surface area contributed by atoms with Crippen LogP contribution in [0.4, 0.5) is 8.78 Å². The van der Waals surface area contributed by atoms with E-state index in [9.17, 15) is 8.78 Å². The van der Waals surface area contributed by atoms with Gasteiger partial charge in [0.25, 0.3) is 6.43 Å². The molecule has 12 heavy (non-hydrogen) atoms. The van der Waals surface area contributed by atoms with E-state index in [1.54, 1.807) is 29.5 Å². The highest BCUT2D eigenvalue weighted by Crippen LogP contribution is 2.32. The van der Waals surface area contributed by atoms with Crippen LogP contribution in [0.15, 0.2) is 6.20 Å². The van der Waals surface area contributed by atoms with Gasteiger partial charge < -0.3 is 5.11 Å². The molecule has 0 amide bonds. The highest BCUT2D eigenvalue weighted by molar-refractivity contribution is 14.1. The Morgan fingerprint density at radius 3 is 2.58 bits per heavy atom. The van der Waals surface area contributed by atoms with Crippen molar-refractivity contribution >= 4 is 22.6 Å². The summed E-state index contributed by atoms with van der Waals surface area (Å²) in [7, 11) is 0. The van der Waals surface area contributed by atoms with Crippen molar-refractivity contribution in [1.82, 2.24) is 4.98 Å². The lowest BCUT2D eigenvalue weighted by Gasteiger charge is -2.06. The minimum absolute atomic E-state index is 0.322. The topological polar surface area (TPSA) is 33.1 Å². The lowest BCUT2D eigenvalue weighted by molar-refractivity contribution is 0.146. The van der Waals surface area contributed by atoms with Gasteiger partial charge >= 0.3 is 0 Å². The Labute approximate surface area is 81.8 Å². The highest BCUT2D eigenvalue weighted by atomic mass is 127. The molecule has 0 atom stereocenters. The average Bonchev–Trinajstić information content (AvgIpc) is 1.97. The molecule has 0 spiro atoms. The first kappa shape index (κ1) is 9.63. The zero-order valence-corrected chi connectivity index (χ0v) is 8.34. The van der Waals surface area contributed by atoms with E-state index in [4.69, 9.17) is 5.11 Å². The van der Waals surface area contributed by atoms with Crippen molar-refractivity contribution in [3.8, 4) is 5.75 Å². The van der Waals surface area contributed by atoms with Gasteiger partial charge in [-0.2, -0.15) is 0 Å². The Bertz CT molecular complexity index is 304. The monoisotopic (exact) mass is 285 g/mol. The number of rotatable bonds is 1. The summed E-state index contributed by atoms with van der Waals surface area (Å²) < 4.78 is 24.9. The third kappa shape index (κ3) is 1.65. The fourth-order valence-electron chi connectivity index (χ4n) is 0.799. The highest BCUT2D eigenvalue weighted by Gasteiger charge is 2.18. The molecule has 1 rings (SSSR count). The van der Waals surface area contributed by atoms with E-state index >= 15 is 0 Å². The SMILES string of the molecule is Cc1ncc(O)c(C(F)F)c1I. The predicted molar refractivity (Wildman–Crippen MR) is 48.3 cm³/mol. The van der Waals surface area contributed by atoms with Crippen LogP contribution in [0, 0.1) is 10.5 Å². The maximum atomic E-state index is 12.3. The predicted octanol–water partition coefficient (Wildman–Crippen LogP) is 2.64. The molecule has 0 bridgehead atoms. The summed E-state index contributed by atoms with van der Waals surface area (Å²) in [6, 6.07) is 0. The van der Waals surface area contributed by atoms with E-state index < -0.39 is 12.2 Å². The summed E-state index contributed by atoms with van der Waals surface area (Å²) >= 11 is 1.74. The number of aryl methyl sites for hydroxylation is 1. The molecular weight excluding hydrogens is 279 g/mol. The number of aromatic nitrogens is 1. The third-order valence-corrected chi connectivity index (χ3v) is 2.79. The molecule has 1 heterocycles. The van der Waals surface area contributed by atoms with Gasteiger partial charge in [-0.05, 0) is 29.5 Å². The van der Waals surface area contributed by atoms with Crippen molar-refractivity contribution in [2.45, 2.75) is 13.3 Å². The van der Waals surface area contributed by atoms with Crippen LogP contribution >= 0.6 is 22.6 Å². The van der Waals surface area contributed by atoms with Crippen LogP contribution in [-0.2, 0) is 0 Å². The fraction of sp³-hybridized carbons (Fsp3) is 0.286. The summed E-state index contributed by atoms with van der Waals surface area (Å²) in [5.41, 5.74) is 0.173. The normalized spacial score (nSPS) is 10.8. The van der Waals surface area contributed by atoms with Crippen LogP contribution in [0.3, 0.4) is 0 Å². The minimum atomic E-state index is -2.65. The Balaban J connectivity index is 3.33. The second-order valence-electron chi connectivity index (χ2n) is 2.26. The number of halogens is 3. The molecule has 0 saturated carbocycles. The molecular formula is C7H6F2INO. The van der Waals surface area contributed by atoms with Gasteiger partial charge in [-0.25, -0.2) is 8.78 Å². The fourth-order valence-corrected chi connectivity index (χ4v) is 1.45. The first-order valence-corrected chi connectivity index (χ1v) is 4.24. The lowest BCUT2D eigenvalue weighted by atomic mass is 10.2. The molecule has 0 unspecified atom stereocenters. The summed E-state index contributed by atoms with van der Waals surface area (Å²) in [4.78, 5) is 3.73. The molecule has 1 aromatic heterocycles. The Morgan fingerprint density at radius 2 is 2.17 bits per heavy atom. The van der Waals surface area contributed by atoms with Crippen LogP contribution in [0.1, 0.15) is 17.7 Å². The molecule has 0 radical (unpaired) electrons. The number of hydrogen-bond acceptors (Lipinski definition) is 2. The van der Waals surface area contributed by atoms with Gasteiger partial charge in [0.1, 0.15) is 5.75 Å². The molecule has 1 N–H and O–H groups in total. The van der Waals surface area contributed by atoms with Crippen LogP contribution in [-0.4, -0.2) is 10.1 Å². The zero-order valence-electron chi connectivity index (χ0n) is 6.18. The van der Waals surface area contributed by atoms with E-state index in [1.165, 1.54) is 0 Å². The van der Waals surface area contributed by atoms with Crippen molar-refractivity contribution < 1.29 is 13.9 Å². The molecule has 1 aromatic rings. The molecule has 0 aromatic carbocycles. The van der Waals surface area contributed by atoms with Gasteiger partial charge in [-0.3, -0.25) is 4.98 Å². The number of alkyl halides is 2. The van der Waals surface area contributed by atoms with Gasteiger partial charge in [0.05, 0.1) is 17.5 Å². The van der Waals surface area contributed by atoms with Gasteiger partial charge in [0.15, 0.2) is 0 Å². The maximum absolute atomic E-state index is 12.3. The summed E-state index contributed by atoms with van der Waals surface area (Å²) in [5, 5.41) is 9.04. The average molecular weight is 285 g/mol. The molecule has 0 aliphatic carbocycles. The van der Waals surface area contributed by atoms with Gasteiger partial charge in [-0.1, -0.05) is 0 Å². The number of pyridine rings is 1. The summed E-state index contributed by atoms with van der Waals surface area (Å²) in [6.07, 6.45) is -1.61. The minimum Gasteiger partial charge on any atom is -0.506 e. The van der Waals surface area contributed by atoms with Crippen molar-refractivity contribution in [3.63, 3.8) is 0 Å². The largest absolute Gasteiger partial charge is 0.506 e. The quantitative estimate of drug-likeness (QED) is 0.805. The number of nitrogens with zero attached hydrogens (tertiary/aromatic N) is 1. The third-order valence-electron chi connectivity index (χ3n) is 1.43. The molecule has 5 heteroatoms. The Hall–Kier alpha value is -0.460. The van der Waals surface area contributed by atoms with E-state index in [0.717, 1.165) is 6.20 Å². The summed E-state index contributed by atoms with van der Waals surface area (Å²) in [6.45, 7) is 1.62. The van der Waals surface area contributed by atoms with Crippen LogP contribution < -0.4 is 0 Å². The van der Waals surface area contributed by atoms with Crippen LogP contribution in [0.25, 0.3) is 0 Å². The second kappa shape index (κ2) is 3.51. The van der Waals surface area contributed by atoms with Gasteiger partial charge in [0, 0.05) is 3.57 Å². The summed E-state index contributed by atoms with van der Waals surface area (Å²) in [5.74, 6) is -0.444. The van der Waals surface area contributed by atoms with Gasteiger partial charge in [0.2, 0.25) is 0 Å². The molecule has 66 valence electrons. The van der Waals surface area contributed by atoms with Crippen molar-refractivity contribution in [2.75, 3.05) is 0 Å². The maximum Gasteiger partial charge on any atom is 0.268 e. The number of hydrogen-bond donors (Lipinski definition) is 1. The molecule has 0 aliphatic heterocycles. The Morgan fingerprint density at radius 1 is 1.58 bits per heavy atom. The smallest absolute Gasteiger partial charge is 0.268 e. The van der Waals surface area contributed by atoms with Crippen LogP contribution in [0.2, 0.25) is 0 Å².